The van der Waals surface area contributed by atoms with E-state index < -0.39 is 0 Å². The van der Waals surface area contributed by atoms with Crippen LogP contribution in [0.5, 0.6) is 0 Å². The SMILES string of the molecule is CC/C=C/c1ccc2cc[nH]c2n1. The van der Waals surface area contributed by atoms with Crippen LogP contribution in [0.15, 0.2) is 30.5 Å². The Kier molecular flexibility index (Phi) is 2.13. The molecule has 0 aromatic carbocycles. The maximum atomic E-state index is 4.43. The summed E-state index contributed by atoms with van der Waals surface area (Å²) in [4.78, 5) is 7.52. The molecule has 66 valence electrons. The van der Waals surface area contributed by atoms with Crippen molar-refractivity contribution in [2.45, 2.75) is 13.3 Å². The van der Waals surface area contributed by atoms with E-state index in [-0.39, 0.29) is 0 Å². The van der Waals surface area contributed by atoms with Crippen molar-refractivity contribution in [1.29, 1.82) is 0 Å². The van der Waals surface area contributed by atoms with Crippen molar-refractivity contribution < 1.29 is 0 Å². The van der Waals surface area contributed by atoms with Crippen LogP contribution in [-0.4, -0.2) is 9.97 Å². The number of nitrogens with zero attached hydrogens (tertiary/aromatic N) is 1. The van der Waals surface area contributed by atoms with Gasteiger partial charge in [0.05, 0.1) is 5.69 Å². The monoisotopic (exact) mass is 172 g/mol. The van der Waals surface area contributed by atoms with E-state index in [9.17, 15) is 0 Å². The van der Waals surface area contributed by atoms with Crippen LogP contribution < -0.4 is 0 Å². The molecule has 0 fully saturated rings. The maximum absolute atomic E-state index is 4.43. The highest BCUT2D eigenvalue weighted by atomic mass is 14.8. The Hall–Kier alpha value is -1.57. The van der Waals surface area contributed by atoms with Gasteiger partial charge >= 0.3 is 0 Å². The van der Waals surface area contributed by atoms with Crippen LogP contribution in [0.1, 0.15) is 19.0 Å². The minimum Gasteiger partial charge on any atom is -0.346 e. The zero-order valence-corrected chi connectivity index (χ0v) is 7.62. The first-order chi connectivity index (χ1) is 6.40. The molecule has 0 spiro atoms. The quantitative estimate of drug-likeness (QED) is 0.741. The van der Waals surface area contributed by atoms with Gasteiger partial charge in [-0.3, -0.25) is 0 Å². The summed E-state index contributed by atoms with van der Waals surface area (Å²) < 4.78 is 0. The lowest BCUT2D eigenvalue weighted by atomic mass is 10.2. The van der Waals surface area contributed by atoms with Crippen LogP contribution in [0.3, 0.4) is 0 Å². The molecule has 2 heteroatoms. The molecule has 2 rings (SSSR count). The highest BCUT2D eigenvalue weighted by molar-refractivity contribution is 5.76. The van der Waals surface area contributed by atoms with Gasteiger partial charge in [-0.15, -0.1) is 0 Å². The molecule has 2 aromatic heterocycles. The lowest BCUT2D eigenvalue weighted by molar-refractivity contribution is 1.22. The van der Waals surface area contributed by atoms with Crippen molar-refractivity contribution in [3.63, 3.8) is 0 Å². The summed E-state index contributed by atoms with van der Waals surface area (Å²) in [7, 11) is 0. The number of H-pyrrole nitrogens is 1. The molecular weight excluding hydrogens is 160 g/mol. The van der Waals surface area contributed by atoms with Gasteiger partial charge in [0, 0.05) is 11.6 Å². The fraction of sp³-hybridized carbons (Fsp3) is 0.182. The second-order valence-corrected chi connectivity index (χ2v) is 2.96. The second-order valence-electron chi connectivity index (χ2n) is 2.96. The van der Waals surface area contributed by atoms with Gasteiger partial charge in [-0.25, -0.2) is 4.98 Å². The largest absolute Gasteiger partial charge is 0.346 e. The normalized spacial score (nSPS) is 11.5. The van der Waals surface area contributed by atoms with Crippen LogP contribution in [0.4, 0.5) is 0 Å². The maximum Gasteiger partial charge on any atom is 0.137 e. The number of aromatic amines is 1. The first-order valence-corrected chi connectivity index (χ1v) is 4.51. The predicted molar refractivity (Wildman–Crippen MR) is 55.4 cm³/mol. The molecule has 0 radical (unpaired) electrons. The summed E-state index contributed by atoms with van der Waals surface area (Å²) in [6, 6.07) is 6.13. The van der Waals surface area contributed by atoms with Gasteiger partial charge < -0.3 is 4.98 Å². The molecule has 0 atom stereocenters. The Morgan fingerprint density at radius 3 is 3.15 bits per heavy atom. The van der Waals surface area contributed by atoms with E-state index in [0.717, 1.165) is 23.1 Å². The Balaban J connectivity index is 2.42. The predicted octanol–water partition coefficient (Wildman–Crippen LogP) is 2.99. The van der Waals surface area contributed by atoms with Crippen molar-refractivity contribution in [2.24, 2.45) is 0 Å². The summed E-state index contributed by atoms with van der Waals surface area (Å²) in [5.74, 6) is 0. The highest BCUT2D eigenvalue weighted by Gasteiger charge is 1.94. The zero-order valence-electron chi connectivity index (χ0n) is 7.62. The van der Waals surface area contributed by atoms with Gasteiger partial charge in [0.1, 0.15) is 5.65 Å². The molecule has 0 bridgehead atoms. The molecule has 0 aliphatic heterocycles. The number of nitrogens with one attached hydrogen (secondary N) is 1. The summed E-state index contributed by atoms with van der Waals surface area (Å²) in [6.07, 6.45) is 7.10. The molecule has 0 amide bonds. The Labute approximate surface area is 77.3 Å². The van der Waals surface area contributed by atoms with Gasteiger partial charge in [0.15, 0.2) is 0 Å². The van der Waals surface area contributed by atoms with Crippen LogP contribution in [-0.2, 0) is 0 Å². The fourth-order valence-electron chi connectivity index (χ4n) is 1.28. The van der Waals surface area contributed by atoms with Gasteiger partial charge in [0.25, 0.3) is 0 Å². The summed E-state index contributed by atoms with van der Waals surface area (Å²) >= 11 is 0. The topological polar surface area (TPSA) is 28.7 Å². The average Bonchev–Trinajstić information content (AvgIpc) is 2.61. The summed E-state index contributed by atoms with van der Waals surface area (Å²) in [5.41, 5.74) is 1.97. The van der Waals surface area contributed by atoms with Crippen molar-refractivity contribution in [1.82, 2.24) is 9.97 Å². The van der Waals surface area contributed by atoms with Crippen LogP contribution in [0.2, 0.25) is 0 Å². The zero-order chi connectivity index (χ0) is 9.10. The van der Waals surface area contributed by atoms with Crippen LogP contribution >= 0.6 is 0 Å². The van der Waals surface area contributed by atoms with Gasteiger partial charge in [-0.1, -0.05) is 13.0 Å². The molecule has 1 N–H and O–H groups in total. The number of allylic oxidation sites excluding steroid dienone is 1. The van der Waals surface area contributed by atoms with E-state index in [1.807, 2.05) is 24.4 Å². The first kappa shape index (κ1) is 8.05. The molecule has 0 aliphatic rings. The minimum absolute atomic E-state index is 0.957. The van der Waals surface area contributed by atoms with Gasteiger partial charge in [-0.05, 0) is 30.7 Å². The molecule has 0 aliphatic carbocycles. The number of hydrogen-bond acceptors (Lipinski definition) is 1. The highest BCUT2D eigenvalue weighted by Crippen LogP contribution is 2.10. The molecule has 0 saturated carbocycles. The van der Waals surface area contributed by atoms with Crippen molar-refractivity contribution in [3.8, 4) is 0 Å². The standard InChI is InChI=1S/C11H12N2/c1-2-3-4-10-6-5-9-7-8-12-11(9)13-10/h3-8H,2H2,1H3,(H,12,13)/b4-3+. The molecule has 13 heavy (non-hydrogen) atoms. The van der Waals surface area contributed by atoms with Crippen molar-refractivity contribution >= 4 is 17.1 Å². The van der Waals surface area contributed by atoms with Gasteiger partial charge in [0.2, 0.25) is 0 Å². The van der Waals surface area contributed by atoms with E-state index >= 15 is 0 Å². The lowest BCUT2D eigenvalue weighted by Crippen LogP contribution is -1.80. The fourth-order valence-corrected chi connectivity index (χ4v) is 1.28. The minimum atomic E-state index is 0.957. The molecule has 2 heterocycles. The Morgan fingerprint density at radius 1 is 1.38 bits per heavy atom. The third-order valence-electron chi connectivity index (χ3n) is 1.96. The van der Waals surface area contributed by atoms with E-state index in [1.165, 1.54) is 0 Å². The van der Waals surface area contributed by atoms with E-state index in [2.05, 4.69) is 29.0 Å². The molecule has 0 saturated heterocycles. The molecule has 2 aromatic rings. The van der Waals surface area contributed by atoms with E-state index in [1.54, 1.807) is 0 Å². The van der Waals surface area contributed by atoms with Crippen molar-refractivity contribution in [2.75, 3.05) is 0 Å². The van der Waals surface area contributed by atoms with Crippen LogP contribution in [0.25, 0.3) is 17.1 Å². The number of fused-ring (bicyclic) bond motifs is 1. The smallest absolute Gasteiger partial charge is 0.137 e. The molecule has 2 nitrogen and oxygen atoms in total. The number of pyridine rings is 1. The summed E-state index contributed by atoms with van der Waals surface area (Å²) in [5, 5.41) is 1.16. The lowest BCUT2D eigenvalue weighted by Gasteiger charge is -1.92. The second kappa shape index (κ2) is 3.44. The number of aromatic nitrogens is 2. The van der Waals surface area contributed by atoms with E-state index in [4.69, 9.17) is 0 Å². The third-order valence-corrected chi connectivity index (χ3v) is 1.96. The Bertz CT molecular complexity index is 426. The number of rotatable bonds is 2. The summed E-state index contributed by atoms with van der Waals surface area (Å²) in [6.45, 7) is 2.11. The molecule has 0 unspecified atom stereocenters. The first-order valence-electron chi connectivity index (χ1n) is 4.51. The van der Waals surface area contributed by atoms with E-state index in [0.29, 0.717) is 0 Å². The Morgan fingerprint density at radius 2 is 2.31 bits per heavy atom. The number of hydrogen-bond donors (Lipinski definition) is 1. The van der Waals surface area contributed by atoms with Crippen molar-refractivity contribution in [3.05, 3.63) is 36.2 Å². The third kappa shape index (κ3) is 1.61. The van der Waals surface area contributed by atoms with Crippen LogP contribution in [0, 0.1) is 0 Å². The molecular formula is C11H12N2. The van der Waals surface area contributed by atoms with Gasteiger partial charge in [-0.2, -0.15) is 0 Å². The average molecular weight is 172 g/mol.